The third kappa shape index (κ3) is 5.75. The summed E-state index contributed by atoms with van der Waals surface area (Å²) < 4.78 is 5.35. The molecule has 0 unspecified atom stereocenters. The molecule has 2 aromatic rings. The van der Waals surface area contributed by atoms with Crippen LogP contribution >= 0.6 is 0 Å². The smallest absolute Gasteiger partial charge is 0.338 e. The van der Waals surface area contributed by atoms with Crippen molar-refractivity contribution in [3.63, 3.8) is 0 Å². The molecule has 30 heavy (non-hydrogen) atoms. The normalized spacial score (nSPS) is 10.5. The average molecular weight is 411 g/mol. The first kappa shape index (κ1) is 23.3. The molecular weight excluding hydrogens is 380 g/mol. The molecule has 0 saturated heterocycles. The zero-order valence-corrected chi connectivity index (χ0v) is 18.0. The van der Waals surface area contributed by atoms with Gasteiger partial charge in [-0.15, -0.1) is 4.91 Å². The van der Waals surface area contributed by atoms with E-state index >= 15 is 0 Å². The van der Waals surface area contributed by atoms with Crippen LogP contribution in [0.5, 0.6) is 0 Å². The van der Waals surface area contributed by atoms with Crippen LogP contribution in [0, 0.1) is 4.91 Å². The highest BCUT2D eigenvalue weighted by Gasteiger charge is 2.22. The molecule has 6 nitrogen and oxygen atoms in total. The highest BCUT2D eigenvalue weighted by molar-refractivity contribution is 6.16. The number of benzene rings is 2. The van der Waals surface area contributed by atoms with E-state index in [1.54, 1.807) is 42.5 Å². The third-order valence-corrected chi connectivity index (χ3v) is 5.08. The van der Waals surface area contributed by atoms with E-state index in [-0.39, 0.29) is 22.4 Å². The SMILES string of the molecule is CCCCCCOC(=O)c1ccccc1C(=O)c1ccc(N(CC)CC)cc1N=O. The first-order valence-electron chi connectivity index (χ1n) is 10.6. The quantitative estimate of drug-likeness (QED) is 0.188. The summed E-state index contributed by atoms with van der Waals surface area (Å²) in [7, 11) is 0. The fourth-order valence-electron chi connectivity index (χ4n) is 3.35. The summed E-state index contributed by atoms with van der Waals surface area (Å²) in [6.07, 6.45) is 3.99. The number of unbranched alkanes of at least 4 members (excludes halogenated alkanes) is 3. The molecule has 160 valence electrons. The lowest BCUT2D eigenvalue weighted by Gasteiger charge is -2.21. The van der Waals surface area contributed by atoms with Crippen LogP contribution in [0.1, 0.15) is 72.7 Å². The van der Waals surface area contributed by atoms with Gasteiger partial charge in [-0.25, -0.2) is 4.79 Å². The van der Waals surface area contributed by atoms with Crippen LogP contribution in [0.3, 0.4) is 0 Å². The number of carbonyl (C=O) groups is 2. The topological polar surface area (TPSA) is 76.0 Å². The van der Waals surface area contributed by atoms with Gasteiger partial charge < -0.3 is 9.64 Å². The van der Waals surface area contributed by atoms with Crippen LogP contribution in [0.15, 0.2) is 47.6 Å². The van der Waals surface area contributed by atoms with Crippen molar-refractivity contribution in [2.75, 3.05) is 24.6 Å². The summed E-state index contributed by atoms with van der Waals surface area (Å²) in [6, 6.07) is 11.5. The Kier molecular flexibility index (Phi) is 9.19. The van der Waals surface area contributed by atoms with Crippen molar-refractivity contribution in [2.24, 2.45) is 5.18 Å². The Bertz CT molecular complexity index is 875. The molecule has 6 heteroatoms. The highest BCUT2D eigenvalue weighted by atomic mass is 16.5. The second-order valence-electron chi connectivity index (χ2n) is 7.04. The minimum absolute atomic E-state index is 0.0622. The number of rotatable bonds is 12. The van der Waals surface area contributed by atoms with Crippen molar-refractivity contribution in [1.29, 1.82) is 0 Å². The standard InChI is InChI=1S/C24H30N2O4/c1-4-7-8-11-16-30-24(28)20-13-10-9-12-19(20)23(27)21-15-14-18(17-22(21)25-29)26(5-2)6-3/h9-10,12-15,17H,4-8,11,16H2,1-3H3. The first-order chi connectivity index (χ1) is 14.6. The van der Waals surface area contributed by atoms with Crippen molar-refractivity contribution < 1.29 is 14.3 Å². The molecule has 0 aliphatic heterocycles. The second kappa shape index (κ2) is 11.9. The van der Waals surface area contributed by atoms with Gasteiger partial charge in [0.2, 0.25) is 0 Å². The minimum atomic E-state index is -0.532. The minimum Gasteiger partial charge on any atom is -0.462 e. The van der Waals surface area contributed by atoms with Crippen molar-refractivity contribution in [1.82, 2.24) is 0 Å². The highest BCUT2D eigenvalue weighted by Crippen LogP contribution is 2.29. The third-order valence-electron chi connectivity index (χ3n) is 5.08. The number of carbonyl (C=O) groups excluding carboxylic acids is 2. The first-order valence-corrected chi connectivity index (χ1v) is 10.6. The summed E-state index contributed by atoms with van der Waals surface area (Å²) in [4.78, 5) is 39.2. The molecule has 2 rings (SSSR count). The Morgan fingerprint density at radius 1 is 0.900 bits per heavy atom. The van der Waals surface area contributed by atoms with Gasteiger partial charge in [-0.1, -0.05) is 44.4 Å². The molecule has 0 aromatic heterocycles. The summed E-state index contributed by atoms with van der Waals surface area (Å²) in [5.74, 6) is -0.954. The summed E-state index contributed by atoms with van der Waals surface area (Å²) in [6.45, 7) is 8.01. The Balaban J connectivity index is 2.27. The van der Waals surface area contributed by atoms with E-state index in [1.807, 2.05) is 13.8 Å². The molecule has 0 N–H and O–H groups in total. The number of ketones is 1. The Morgan fingerprint density at radius 3 is 2.23 bits per heavy atom. The molecule has 0 aliphatic carbocycles. The molecule has 0 heterocycles. The zero-order chi connectivity index (χ0) is 21.9. The lowest BCUT2D eigenvalue weighted by molar-refractivity contribution is 0.0495. The number of nitrogens with zero attached hydrogens (tertiary/aromatic N) is 2. The zero-order valence-electron chi connectivity index (χ0n) is 18.0. The van der Waals surface area contributed by atoms with E-state index in [0.717, 1.165) is 44.5 Å². The van der Waals surface area contributed by atoms with E-state index in [2.05, 4.69) is 17.0 Å². The Labute approximate surface area is 178 Å². The molecule has 0 fully saturated rings. The summed E-state index contributed by atoms with van der Waals surface area (Å²) in [5, 5.41) is 3.07. The largest absolute Gasteiger partial charge is 0.462 e. The van der Waals surface area contributed by atoms with Crippen LogP contribution in [-0.4, -0.2) is 31.4 Å². The number of anilines is 1. The molecule has 0 radical (unpaired) electrons. The van der Waals surface area contributed by atoms with Crippen LogP contribution in [0.2, 0.25) is 0 Å². The van der Waals surface area contributed by atoms with Gasteiger partial charge in [0.15, 0.2) is 5.78 Å². The fourth-order valence-corrected chi connectivity index (χ4v) is 3.35. The average Bonchev–Trinajstić information content (AvgIpc) is 2.79. The maximum Gasteiger partial charge on any atom is 0.338 e. The summed E-state index contributed by atoms with van der Waals surface area (Å²) >= 11 is 0. The molecule has 0 spiro atoms. The van der Waals surface area contributed by atoms with Gasteiger partial charge in [-0.3, -0.25) is 4.79 Å². The number of hydrogen-bond acceptors (Lipinski definition) is 6. The lowest BCUT2D eigenvalue weighted by atomic mass is 9.97. The van der Waals surface area contributed by atoms with Gasteiger partial charge in [0, 0.05) is 24.3 Å². The van der Waals surface area contributed by atoms with Gasteiger partial charge in [0.1, 0.15) is 5.69 Å². The van der Waals surface area contributed by atoms with Crippen molar-refractivity contribution >= 4 is 23.1 Å². The lowest BCUT2D eigenvalue weighted by Crippen LogP contribution is -2.21. The van der Waals surface area contributed by atoms with Crippen LogP contribution in [0.25, 0.3) is 0 Å². The number of hydrogen-bond donors (Lipinski definition) is 0. The summed E-state index contributed by atoms with van der Waals surface area (Å²) in [5.41, 5.74) is 1.46. The van der Waals surface area contributed by atoms with Crippen LogP contribution in [-0.2, 0) is 4.74 Å². The van der Waals surface area contributed by atoms with Crippen molar-refractivity contribution in [2.45, 2.75) is 46.5 Å². The molecule has 0 aliphatic rings. The maximum absolute atomic E-state index is 13.2. The number of nitroso groups, excluding NO2 is 1. The molecule has 0 amide bonds. The molecule has 2 aromatic carbocycles. The van der Waals surface area contributed by atoms with Gasteiger partial charge in [0.25, 0.3) is 0 Å². The fraction of sp³-hybridized carbons (Fsp3) is 0.417. The Hall–Kier alpha value is -3.02. The van der Waals surface area contributed by atoms with E-state index in [1.165, 1.54) is 0 Å². The van der Waals surface area contributed by atoms with E-state index < -0.39 is 11.8 Å². The van der Waals surface area contributed by atoms with Gasteiger partial charge >= 0.3 is 5.97 Å². The monoisotopic (exact) mass is 410 g/mol. The van der Waals surface area contributed by atoms with E-state index in [9.17, 15) is 14.5 Å². The number of ether oxygens (including phenoxy) is 1. The Morgan fingerprint density at radius 2 is 1.60 bits per heavy atom. The van der Waals surface area contributed by atoms with Crippen LogP contribution in [0.4, 0.5) is 11.4 Å². The molecule has 0 atom stereocenters. The van der Waals surface area contributed by atoms with E-state index in [0.29, 0.717) is 6.61 Å². The number of esters is 1. The molecule has 0 saturated carbocycles. The van der Waals surface area contributed by atoms with Crippen LogP contribution < -0.4 is 4.90 Å². The van der Waals surface area contributed by atoms with Crippen molar-refractivity contribution in [3.8, 4) is 0 Å². The van der Waals surface area contributed by atoms with Gasteiger partial charge in [-0.05, 0) is 49.7 Å². The predicted octanol–water partition coefficient (Wildman–Crippen LogP) is 5.90. The van der Waals surface area contributed by atoms with E-state index in [4.69, 9.17) is 4.74 Å². The van der Waals surface area contributed by atoms with Gasteiger partial charge in [-0.2, -0.15) is 0 Å². The van der Waals surface area contributed by atoms with Gasteiger partial charge in [0.05, 0.1) is 17.7 Å². The molecular formula is C24H30N2O4. The predicted molar refractivity (Wildman–Crippen MR) is 120 cm³/mol. The second-order valence-corrected chi connectivity index (χ2v) is 7.04. The van der Waals surface area contributed by atoms with Crippen molar-refractivity contribution in [3.05, 3.63) is 64.1 Å². The molecule has 0 bridgehead atoms. The maximum atomic E-state index is 13.2.